The number of aryl methyl sites for hydroxylation is 1. The monoisotopic (exact) mass is 309 g/mol. The van der Waals surface area contributed by atoms with E-state index in [1.54, 1.807) is 18.3 Å². The summed E-state index contributed by atoms with van der Waals surface area (Å²) in [5.74, 6) is -0.201. The number of benzene rings is 1. The Morgan fingerprint density at radius 2 is 2.09 bits per heavy atom. The van der Waals surface area contributed by atoms with E-state index in [4.69, 9.17) is 0 Å². The van der Waals surface area contributed by atoms with Crippen LogP contribution in [0.1, 0.15) is 17.7 Å². The summed E-state index contributed by atoms with van der Waals surface area (Å²) < 4.78 is 14.9. The molecule has 3 heterocycles. The first-order chi connectivity index (χ1) is 11.2. The van der Waals surface area contributed by atoms with Crippen LogP contribution in [0.3, 0.4) is 0 Å². The normalized spacial score (nSPS) is 14.0. The van der Waals surface area contributed by atoms with Crippen molar-refractivity contribution in [1.29, 1.82) is 0 Å². The van der Waals surface area contributed by atoms with Crippen molar-refractivity contribution in [3.05, 3.63) is 76.1 Å². The summed E-state index contributed by atoms with van der Waals surface area (Å²) in [6, 6.07) is 12.0. The zero-order chi connectivity index (χ0) is 15.8. The molecule has 0 amide bonds. The second-order valence-corrected chi connectivity index (χ2v) is 5.81. The number of aromatic nitrogens is 2. The van der Waals surface area contributed by atoms with Crippen LogP contribution in [0.2, 0.25) is 0 Å². The Morgan fingerprint density at radius 1 is 1.17 bits per heavy atom. The maximum Gasteiger partial charge on any atom is 0.258 e. The van der Waals surface area contributed by atoms with Gasteiger partial charge >= 0.3 is 0 Å². The van der Waals surface area contributed by atoms with Gasteiger partial charge in [0.2, 0.25) is 0 Å². The standard InChI is InChI=1S/C18H16FN3O/c19-14-6-7-16-13(10-14)4-3-8-21(16)12-15-11-18(23)22-9-2-1-5-17(22)20-15/h1-2,5-7,9-11H,3-4,8,12H2. The lowest BCUT2D eigenvalue weighted by molar-refractivity contribution is 0.617. The first-order valence-electron chi connectivity index (χ1n) is 7.71. The molecule has 0 saturated carbocycles. The van der Waals surface area contributed by atoms with E-state index in [1.165, 1.54) is 10.5 Å². The molecule has 1 aliphatic heterocycles. The molecule has 0 N–H and O–H groups in total. The van der Waals surface area contributed by atoms with Gasteiger partial charge in [-0.1, -0.05) is 6.07 Å². The lowest BCUT2D eigenvalue weighted by Crippen LogP contribution is -2.30. The third kappa shape index (κ3) is 2.59. The minimum atomic E-state index is -0.201. The molecule has 4 nitrogen and oxygen atoms in total. The lowest BCUT2D eigenvalue weighted by atomic mass is 10.0. The largest absolute Gasteiger partial charge is 0.365 e. The van der Waals surface area contributed by atoms with Crippen molar-refractivity contribution in [2.75, 3.05) is 11.4 Å². The Labute approximate surface area is 132 Å². The van der Waals surface area contributed by atoms with Gasteiger partial charge in [-0.25, -0.2) is 9.37 Å². The molecule has 0 fully saturated rings. The first-order valence-corrected chi connectivity index (χ1v) is 7.71. The first kappa shape index (κ1) is 13.9. The fraction of sp³-hybridized carbons (Fsp3) is 0.222. The average molecular weight is 309 g/mol. The molecule has 3 aromatic rings. The van der Waals surface area contributed by atoms with Crippen molar-refractivity contribution >= 4 is 11.3 Å². The van der Waals surface area contributed by atoms with Crippen molar-refractivity contribution in [2.24, 2.45) is 0 Å². The molecule has 0 saturated heterocycles. The summed E-state index contributed by atoms with van der Waals surface area (Å²) in [7, 11) is 0. The maximum atomic E-state index is 13.4. The van der Waals surface area contributed by atoms with Gasteiger partial charge in [-0.2, -0.15) is 0 Å². The van der Waals surface area contributed by atoms with Crippen LogP contribution in [0.15, 0.2) is 53.5 Å². The van der Waals surface area contributed by atoms with E-state index in [0.717, 1.165) is 36.3 Å². The van der Waals surface area contributed by atoms with E-state index in [0.29, 0.717) is 12.2 Å². The van der Waals surface area contributed by atoms with Gasteiger partial charge in [0.15, 0.2) is 0 Å². The highest BCUT2D eigenvalue weighted by Crippen LogP contribution is 2.28. The average Bonchev–Trinajstić information content (AvgIpc) is 2.55. The van der Waals surface area contributed by atoms with Gasteiger partial charge in [-0.3, -0.25) is 9.20 Å². The Balaban J connectivity index is 1.71. The maximum absolute atomic E-state index is 13.4. The molecule has 0 aliphatic carbocycles. The Morgan fingerprint density at radius 3 is 3.00 bits per heavy atom. The Hall–Kier alpha value is -2.69. The number of hydrogen-bond donors (Lipinski definition) is 0. The molecular formula is C18H16FN3O. The number of hydrogen-bond acceptors (Lipinski definition) is 3. The molecule has 0 spiro atoms. The smallest absolute Gasteiger partial charge is 0.258 e. The van der Waals surface area contributed by atoms with Crippen LogP contribution < -0.4 is 10.5 Å². The lowest BCUT2D eigenvalue weighted by Gasteiger charge is -2.31. The topological polar surface area (TPSA) is 37.6 Å². The molecule has 0 atom stereocenters. The SMILES string of the molecule is O=c1cc(CN2CCCc3cc(F)ccc32)nc2ccccn12. The molecular weight excluding hydrogens is 293 g/mol. The summed E-state index contributed by atoms with van der Waals surface area (Å²) in [4.78, 5) is 18.9. The second kappa shape index (κ2) is 5.50. The molecule has 0 unspecified atom stereocenters. The van der Waals surface area contributed by atoms with Gasteiger partial charge in [0.25, 0.3) is 5.56 Å². The number of fused-ring (bicyclic) bond motifs is 2. The minimum absolute atomic E-state index is 0.0815. The number of rotatable bonds is 2. The van der Waals surface area contributed by atoms with Gasteiger partial charge in [0.1, 0.15) is 11.5 Å². The van der Waals surface area contributed by atoms with Gasteiger partial charge in [-0.05, 0) is 48.7 Å². The van der Waals surface area contributed by atoms with Crippen molar-refractivity contribution in [3.8, 4) is 0 Å². The summed E-state index contributed by atoms with van der Waals surface area (Å²) in [5.41, 5.74) is 3.35. The highest BCUT2D eigenvalue weighted by molar-refractivity contribution is 5.56. The van der Waals surface area contributed by atoms with Gasteiger partial charge < -0.3 is 4.90 Å². The molecule has 116 valence electrons. The van der Waals surface area contributed by atoms with Crippen LogP contribution in [0, 0.1) is 5.82 Å². The third-order valence-corrected chi connectivity index (χ3v) is 4.23. The van der Waals surface area contributed by atoms with E-state index < -0.39 is 0 Å². The molecule has 4 rings (SSSR count). The van der Waals surface area contributed by atoms with E-state index in [9.17, 15) is 9.18 Å². The van der Waals surface area contributed by atoms with E-state index >= 15 is 0 Å². The fourth-order valence-corrected chi connectivity index (χ4v) is 3.19. The number of anilines is 1. The Kier molecular flexibility index (Phi) is 3.33. The van der Waals surface area contributed by atoms with Gasteiger partial charge in [0.05, 0.1) is 12.2 Å². The highest BCUT2D eigenvalue weighted by Gasteiger charge is 2.18. The van der Waals surface area contributed by atoms with Crippen molar-refractivity contribution < 1.29 is 4.39 Å². The number of nitrogens with zero attached hydrogens (tertiary/aromatic N) is 3. The molecule has 5 heteroatoms. The van der Waals surface area contributed by atoms with Crippen LogP contribution in [-0.2, 0) is 13.0 Å². The third-order valence-electron chi connectivity index (χ3n) is 4.23. The van der Waals surface area contributed by atoms with Crippen LogP contribution in [0.25, 0.3) is 5.65 Å². The summed E-state index contributed by atoms with van der Waals surface area (Å²) >= 11 is 0. The molecule has 2 aromatic heterocycles. The molecule has 1 aliphatic rings. The van der Waals surface area contributed by atoms with E-state index in [1.807, 2.05) is 24.3 Å². The minimum Gasteiger partial charge on any atom is -0.365 e. The molecule has 23 heavy (non-hydrogen) atoms. The molecule has 0 radical (unpaired) electrons. The summed E-state index contributed by atoms with van der Waals surface area (Å²) in [6.07, 6.45) is 3.58. The predicted molar refractivity (Wildman–Crippen MR) is 87.2 cm³/mol. The van der Waals surface area contributed by atoms with Crippen LogP contribution in [0.4, 0.5) is 10.1 Å². The number of pyridine rings is 1. The second-order valence-electron chi connectivity index (χ2n) is 5.81. The van der Waals surface area contributed by atoms with Crippen LogP contribution in [-0.4, -0.2) is 15.9 Å². The zero-order valence-electron chi connectivity index (χ0n) is 12.6. The van der Waals surface area contributed by atoms with Gasteiger partial charge in [0, 0.05) is 24.5 Å². The van der Waals surface area contributed by atoms with Crippen LogP contribution >= 0.6 is 0 Å². The van der Waals surface area contributed by atoms with Crippen molar-refractivity contribution in [1.82, 2.24) is 9.38 Å². The summed E-state index contributed by atoms with van der Waals surface area (Å²) in [6.45, 7) is 1.44. The van der Waals surface area contributed by atoms with Crippen molar-refractivity contribution in [3.63, 3.8) is 0 Å². The molecule has 0 bridgehead atoms. The van der Waals surface area contributed by atoms with Gasteiger partial charge in [-0.15, -0.1) is 0 Å². The summed E-state index contributed by atoms with van der Waals surface area (Å²) in [5, 5.41) is 0. The number of halogens is 1. The quantitative estimate of drug-likeness (QED) is 0.730. The van der Waals surface area contributed by atoms with E-state index in [2.05, 4.69) is 9.88 Å². The highest BCUT2D eigenvalue weighted by atomic mass is 19.1. The Bertz CT molecular complexity index is 935. The van der Waals surface area contributed by atoms with Crippen molar-refractivity contribution in [2.45, 2.75) is 19.4 Å². The van der Waals surface area contributed by atoms with Crippen LogP contribution in [0.5, 0.6) is 0 Å². The fourth-order valence-electron chi connectivity index (χ4n) is 3.19. The van der Waals surface area contributed by atoms with E-state index in [-0.39, 0.29) is 11.4 Å². The zero-order valence-corrected chi connectivity index (χ0v) is 12.6. The molecule has 1 aromatic carbocycles. The predicted octanol–water partition coefficient (Wildman–Crippen LogP) is 2.79.